The highest BCUT2D eigenvalue weighted by Gasteiger charge is 2.16. The lowest BCUT2D eigenvalue weighted by Gasteiger charge is -2.21. The van der Waals surface area contributed by atoms with Crippen molar-refractivity contribution >= 4 is 7.82 Å². The van der Waals surface area contributed by atoms with E-state index in [9.17, 15) is 4.57 Å². The molecule has 0 amide bonds. The molecule has 17 heavy (non-hydrogen) atoms. The molecule has 0 spiro atoms. The van der Waals surface area contributed by atoms with E-state index in [0.29, 0.717) is 39.5 Å². The summed E-state index contributed by atoms with van der Waals surface area (Å²) >= 11 is 0. The maximum atomic E-state index is 10.6. The topological polar surface area (TPSA) is 88.5 Å². The van der Waals surface area contributed by atoms with Crippen LogP contribution in [0.2, 0.25) is 0 Å². The van der Waals surface area contributed by atoms with E-state index < -0.39 is 7.82 Å². The normalized spacial score (nSPS) is 12.3. The molecule has 0 atom stereocenters. The molecule has 0 heterocycles. The first-order valence-electron chi connectivity index (χ1n) is 5.57. The lowest BCUT2D eigenvalue weighted by Crippen LogP contribution is -2.33. The zero-order valence-electron chi connectivity index (χ0n) is 10.4. The molecule has 0 fully saturated rings. The summed E-state index contributed by atoms with van der Waals surface area (Å²) in [4.78, 5) is 18.9. The smallest absolute Gasteiger partial charge is 0.380 e. The molecular formula is C9H22NO6P. The molecule has 8 heteroatoms. The van der Waals surface area contributed by atoms with Crippen molar-refractivity contribution in [3.05, 3.63) is 0 Å². The fraction of sp³-hybridized carbons (Fsp3) is 1.00. The van der Waals surface area contributed by atoms with E-state index in [1.54, 1.807) is 4.90 Å². The molecule has 0 unspecified atom stereocenters. The van der Waals surface area contributed by atoms with Gasteiger partial charge in [-0.2, -0.15) is 0 Å². The molecule has 0 aliphatic carbocycles. The molecule has 0 radical (unpaired) electrons. The zero-order chi connectivity index (χ0) is 13.1. The van der Waals surface area contributed by atoms with Gasteiger partial charge in [-0.3, -0.25) is 9.42 Å². The Morgan fingerprint density at radius 1 is 1.06 bits per heavy atom. The zero-order valence-corrected chi connectivity index (χ0v) is 11.3. The van der Waals surface area contributed by atoms with Gasteiger partial charge in [0.1, 0.15) is 6.73 Å². The van der Waals surface area contributed by atoms with E-state index in [2.05, 4.69) is 4.52 Å². The van der Waals surface area contributed by atoms with Gasteiger partial charge in [-0.15, -0.1) is 0 Å². The van der Waals surface area contributed by atoms with Crippen LogP contribution in [0.4, 0.5) is 0 Å². The van der Waals surface area contributed by atoms with Gasteiger partial charge in [0.2, 0.25) is 0 Å². The van der Waals surface area contributed by atoms with Crippen molar-refractivity contribution in [3.63, 3.8) is 0 Å². The quantitative estimate of drug-likeness (QED) is 0.320. The summed E-state index contributed by atoms with van der Waals surface area (Å²) in [5.41, 5.74) is 0. The summed E-state index contributed by atoms with van der Waals surface area (Å²) in [6.45, 7) is 6.93. The molecule has 0 aromatic heterocycles. The van der Waals surface area contributed by atoms with E-state index in [0.717, 1.165) is 0 Å². The maximum Gasteiger partial charge on any atom is 0.470 e. The molecule has 0 aromatic carbocycles. The molecule has 0 rings (SSSR count). The third-order valence-electron chi connectivity index (χ3n) is 1.92. The largest absolute Gasteiger partial charge is 0.470 e. The van der Waals surface area contributed by atoms with Gasteiger partial charge >= 0.3 is 7.82 Å². The van der Waals surface area contributed by atoms with Crippen LogP contribution in [0.3, 0.4) is 0 Å². The second-order valence-electron chi connectivity index (χ2n) is 3.26. The number of ether oxygens (including phenoxy) is 2. The summed E-state index contributed by atoms with van der Waals surface area (Å²) in [6.07, 6.45) is 0. The first-order chi connectivity index (χ1) is 7.99. The fourth-order valence-electron chi connectivity index (χ4n) is 1.07. The van der Waals surface area contributed by atoms with Gasteiger partial charge in [0.25, 0.3) is 0 Å². The molecule has 0 aliphatic heterocycles. The Bertz CT molecular complexity index is 212. The predicted molar refractivity (Wildman–Crippen MR) is 62.6 cm³/mol. The van der Waals surface area contributed by atoms with Crippen molar-refractivity contribution in [1.82, 2.24) is 4.90 Å². The number of rotatable bonds is 11. The molecule has 2 N–H and O–H groups in total. The highest BCUT2D eigenvalue weighted by Crippen LogP contribution is 2.35. The van der Waals surface area contributed by atoms with Crippen LogP contribution in [0.5, 0.6) is 0 Å². The average molecular weight is 271 g/mol. The lowest BCUT2D eigenvalue weighted by molar-refractivity contribution is 0.0348. The van der Waals surface area contributed by atoms with Gasteiger partial charge in [-0.1, -0.05) is 0 Å². The SMILES string of the molecule is CCOCCN(CCOCC)COP(=O)(O)O. The second-order valence-corrected chi connectivity index (χ2v) is 4.50. The Morgan fingerprint density at radius 3 is 1.88 bits per heavy atom. The van der Waals surface area contributed by atoms with Crippen LogP contribution in [-0.4, -0.2) is 60.9 Å². The molecule has 0 aliphatic rings. The fourth-order valence-corrected chi connectivity index (χ4v) is 1.39. The first kappa shape index (κ1) is 17.0. The Morgan fingerprint density at radius 2 is 1.53 bits per heavy atom. The van der Waals surface area contributed by atoms with Crippen LogP contribution in [0.25, 0.3) is 0 Å². The highest BCUT2D eigenvalue weighted by atomic mass is 31.2. The molecule has 104 valence electrons. The number of nitrogens with zero attached hydrogens (tertiary/aromatic N) is 1. The number of hydrogen-bond acceptors (Lipinski definition) is 5. The predicted octanol–water partition coefficient (Wildman–Crippen LogP) is 0.428. The molecule has 0 saturated carbocycles. The summed E-state index contributed by atoms with van der Waals surface area (Å²) in [5.74, 6) is 0. The van der Waals surface area contributed by atoms with Crippen molar-refractivity contribution in [3.8, 4) is 0 Å². The van der Waals surface area contributed by atoms with Gasteiger partial charge in [-0.25, -0.2) is 4.57 Å². The van der Waals surface area contributed by atoms with Gasteiger partial charge in [-0.05, 0) is 13.8 Å². The van der Waals surface area contributed by atoms with Crippen LogP contribution in [0.15, 0.2) is 0 Å². The van der Waals surface area contributed by atoms with Crippen molar-refractivity contribution in [2.24, 2.45) is 0 Å². The molecule has 0 saturated heterocycles. The van der Waals surface area contributed by atoms with E-state index in [4.69, 9.17) is 19.3 Å². The molecule has 0 aromatic rings. The van der Waals surface area contributed by atoms with Crippen LogP contribution in [0.1, 0.15) is 13.8 Å². The number of hydrogen-bond donors (Lipinski definition) is 2. The standard InChI is InChI=1S/C9H22NO6P/c1-3-14-7-5-10(6-8-15-4-2)9-16-17(11,12)13/h3-9H2,1-2H3,(H2,11,12,13). The summed E-state index contributed by atoms with van der Waals surface area (Å²) in [7, 11) is -4.42. The van der Waals surface area contributed by atoms with Crippen LogP contribution in [-0.2, 0) is 18.6 Å². The minimum atomic E-state index is -4.42. The van der Waals surface area contributed by atoms with Crippen LogP contribution in [0, 0.1) is 0 Å². The Hall–Kier alpha value is -0.0100. The second kappa shape index (κ2) is 9.96. The molecule has 0 bridgehead atoms. The minimum absolute atomic E-state index is 0.134. The summed E-state index contributed by atoms with van der Waals surface area (Å²) in [5, 5.41) is 0. The first-order valence-corrected chi connectivity index (χ1v) is 7.10. The van der Waals surface area contributed by atoms with Crippen molar-refractivity contribution in [2.45, 2.75) is 13.8 Å². The summed E-state index contributed by atoms with van der Waals surface area (Å²) < 4.78 is 25.4. The lowest BCUT2D eigenvalue weighted by atomic mass is 10.5. The van der Waals surface area contributed by atoms with Gasteiger partial charge in [0, 0.05) is 26.3 Å². The Balaban J connectivity index is 3.87. The van der Waals surface area contributed by atoms with Gasteiger partial charge in [0.05, 0.1) is 13.2 Å². The maximum absolute atomic E-state index is 10.6. The van der Waals surface area contributed by atoms with Crippen LogP contribution >= 0.6 is 7.82 Å². The minimum Gasteiger partial charge on any atom is -0.380 e. The average Bonchev–Trinajstić information content (AvgIpc) is 2.24. The van der Waals surface area contributed by atoms with Gasteiger partial charge < -0.3 is 19.3 Å². The molecular weight excluding hydrogens is 249 g/mol. The van der Waals surface area contributed by atoms with E-state index in [1.165, 1.54) is 0 Å². The van der Waals surface area contributed by atoms with Crippen LogP contribution < -0.4 is 0 Å². The van der Waals surface area contributed by atoms with Crippen molar-refractivity contribution in [2.75, 3.05) is 46.2 Å². The van der Waals surface area contributed by atoms with Gasteiger partial charge in [0.15, 0.2) is 0 Å². The third kappa shape index (κ3) is 12.2. The number of phosphoric ester groups is 1. The third-order valence-corrected chi connectivity index (χ3v) is 2.37. The highest BCUT2D eigenvalue weighted by molar-refractivity contribution is 7.46. The van der Waals surface area contributed by atoms with Crippen molar-refractivity contribution in [1.29, 1.82) is 0 Å². The number of phosphoric acid groups is 1. The van der Waals surface area contributed by atoms with E-state index in [1.807, 2.05) is 13.8 Å². The monoisotopic (exact) mass is 271 g/mol. The Labute approximate surface area is 102 Å². The molecule has 7 nitrogen and oxygen atoms in total. The Kier molecular flexibility index (Phi) is 9.96. The van der Waals surface area contributed by atoms with Crippen molar-refractivity contribution < 1.29 is 28.3 Å². The summed E-state index contributed by atoms with van der Waals surface area (Å²) in [6, 6.07) is 0. The van der Waals surface area contributed by atoms with E-state index >= 15 is 0 Å². The van der Waals surface area contributed by atoms with E-state index in [-0.39, 0.29) is 6.73 Å².